The van der Waals surface area contributed by atoms with Crippen LogP contribution < -0.4 is 0 Å². The highest BCUT2D eigenvalue weighted by Crippen LogP contribution is 2.51. The molecule has 0 heteroatoms. The maximum absolute atomic E-state index is 2.46. The molecule has 1 aliphatic carbocycles. The lowest BCUT2D eigenvalue weighted by molar-refractivity contribution is 0.0180. The third kappa shape index (κ3) is 5.12. The van der Waals surface area contributed by atoms with Crippen LogP contribution in [0.15, 0.2) is 0 Å². The molecule has 0 aromatic rings. The van der Waals surface area contributed by atoms with E-state index in [0.29, 0.717) is 16.2 Å². The van der Waals surface area contributed by atoms with E-state index in [4.69, 9.17) is 0 Å². The lowest BCUT2D eigenvalue weighted by Gasteiger charge is -2.48. The van der Waals surface area contributed by atoms with Crippen LogP contribution in [0.4, 0.5) is 0 Å². The van der Waals surface area contributed by atoms with Crippen molar-refractivity contribution in [2.75, 3.05) is 0 Å². The van der Waals surface area contributed by atoms with Crippen LogP contribution in [-0.4, -0.2) is 0 Å². The van der Waals surface area contributed by atoms with Gasteiger partial charge >= 0.3 is 0 Å². The van der Waals surface area contributed by atoms with Crippen LogP contribution in [0.1, 0.15) is 88.0 Å². The van der Waals surface area contributed by atoms with Crippen molar-refractivity contribution in [1.29, 1.82) is 0 Å². The number of rotatable bonds is 1. The van der Waals surface area contributed by atoms with E-state index in [0.717, 1.165) is 17.8 Å². The highest BCUT2D eigenvalue weighted by atomic mass is 14.5. The van der Waals surface area contributed by atoms with Gasteiger partial charge in [-0.15, -0.1) is 0 Å². The van der Waals surface area contributed by atoms with E-state index in [9.17, 15) is 0 Å². The molecule has 0 radical (unpaired) electrons. The molecule has 3 atom stereocenters. The number of hydrogen-bond donors (Lipinski definition) is 0. The summed E-state index contributed by atoms with van der Waals surface area (Å²) in [5.41, 5.74) is 1.42. The summed E-state index contributed by atoms with van der Waals surface area (Å²) in [7, 11) is 0. The summed E-state index contributed by atoms with van der Waals surface area (Å²) in [5, 5.41) is 0. The van der Waals surface area contributed by atoms with Crippen molar-refractivity contribution in [3.63, 3.8) is 0 Å². The Balaban J connectivity index is 2.85. The maximum atomic E-state index is 2.46. The van der Waals surface area contributed by atoms with Gasteiger partial charge in [-0.2, -0.15) is 0 Å². The zero-order chi connectivity index (χ0) is 15.1. The second-order valence-electron chi connectivity index (χ2n) is 10.4. The topological polar surface area (TPSA) is 0 Å². The van der Waals surface area contributed by atoms with Crippen LogP contribution in [0.5, 0.6) is 0 Å². The second-order valence-corrected chi connectivity index (χ2v) is 10.4. The largest absolute Gasteiger partial charge is 0.0602 e. The summed E-state index contributed by atoms with van der Waals surface area (Å²) in [6, 6.07) is 0. The third-order valence-electron chi connectivity index (χ3n) is 5.21. The first-order chi connectivity index (χ1) is 8.31. The molecule has 0 spiro atoms. The van der Waals surface area contributed by atoms with Crippen molar-refractivity contribution >= 4 is 0 Å². The van der Waals surface area contributed by atoms with Crippen molar-refractivity contribution in [1.82, 2.24) is 0 Å². The second kappa shape index (κ2) is 5.41. The van der Waals surface area contributed by atoms with Gasteiger partial charge in [0.25, 0.3) is 0 Å². The van der Waals surface area contributed by atoms with Gasteiger partial charge in [0.05, 0.1) is 0 Å². The van der Waals surface area contributed by atoms with Gasteiger partial charge in [-0.3, -0.25) is 0 Å². The highest BCUT2D eigenvalue weighted by molar-refractivity contribution is 4.91. The molecular weight excluding hydrogens is 228 g/mol. The van der Waals surface area contributed by atoms with Crippen LogP contribution in [0.3, 0.4) is 0 Å². The molecule has 114 valence electrons. The van der Waals surface area contributed by atoms with Gasteiger partial charge in [-0.25, -0.2) is 0 Å². The molecule has 0 aromatic carbocycles. The summed E-state index contributed by atoms with van der Waals surface area (Å²) >= 11 is 0. The summed E-state index contributed by atoms with van der Waals surface area (Å²) < 4.78 is 0. The summed E-state index contributed by atoms with van der Waals surface area (Å²) in [5.74, 6) is 2.73. The zero-order valence-corrected chi connectivity index (χ0v) is 15.1. The van der Waals surface area contributed by atoms with Gasteiger partial charge < -0.3 is 0 Å². The van der Waals surface area contributed by atoms with Crippen LogP contribution in [0, 0.1) is 34.0 Å². The first kappa shape index (κ1) is 17.1. The molecule has 1 unspecified atom stereocenters. The molecule has 1 fully saturated rings. The first-order valence-electron chi connectivity index (χ1n) is 8.31. The van der Waals surface area contributed by atoms with Crippen molar-refractivity contribution in [3.8, 4) is 0 Å². The minimum atomic E-state index is 0.458. The first-order valence-corrected chi connectivity index (χ1v) is 8.31. The van der Waals surface area contributed by atoms with Crippen molar-refractivity contribution in [3.05, 3.63) is 0 Å². The average molecular weight is 267 g/mol. The van der Waals surface area contributed by atoms with Gasteiger partial charge in [0.2, 0.25) is 0 Å². The summed E-state index contributed by atoms with van der Waals surface area (Å²) in [6.45, 7) is 21.9. The molecule has 0 aromatic heterocycles. The summed E-state index contributed by atoms with van der Waals surface area (Å²) in [4.78, 5) is 0. The number of hydrogen-bond acceptors (Lipinski definition) is 0. The minimum Gasteiger partial charge on any atom is -0.0602 e. The SMILES string of the molecule is CC(C)(C)C[C@H]1CC[C@@H](C(C)(C)C)CC1C(C)(C)C. The van der Waals surface area contributed by atoms with Gasteiger partial charge in [-0.1, -0.05) is 62.3 Å². The predicted octanol–water partition coefficient (Wildman–Crippen LogP) is 6.55. The van der Waals surface area contributed by atoms with Crippen molar-refractivity contribution in [2.24, 2.45) is 34.0 Å². The Kier molecular flexibility index (Phi) is 4.86. The lowest BCUT2D eigenvalue weighted by atomic mass is 9.57. The van der Waals surface area contributed by atoms with E-state index in [2.05, 4.69) is 62.3 Å². The van der Waals surface area contributed by atoms with E-state index in [1.807, 2.05) is 0 Å². The Morgan fingerprint density at radius 2 is 1.26 bits per heavy atom. The molecular formula is C19H38. The van der Waals surface area contributed by atoms with E-state index in [-0.39, 0.29) is 0 Å². The molecule has 0 aliphatic heterocycles. The molecule has 0 bridgehead atoms. The van der Waals surface area contributed by atoms with Crippen LogP contribution in [0.25, 0.3) is 0 Å². The molecule has 1 rings (SSSR count). The molecule has 0 saturated heterocycles. The fraction of sp³-hybridized carbons (Fsp3) is 1.00. The Morgan fingerprint density at radius 3 is 1.63 bits per heavy atom. The molecule has 0 heterocycles. The van der Waals surface area contributed by atoms with Gasteiger partial charge in [0.15, 0.2) is 0 Å². The lowest BCUT2D eigenvalue weighted by Crippen LogP contribution is -2.39. The van der Waals surface area contributed by atoms with E-state index >= 15 is 0 Å². The Bertz CT molecular complexity index is 279. The molecule has 1 saturated carbocycles. The van der Waals surface area contributed by atoms with Crippen molar-refractivity contribution in [2.45, 2.75) is 88.0 Å². The Labute approximate surface area is 122 Å². The van der Waals surface area contributed by atoms with Crippen LogP contribution in [-0.2, 0) is 0 Å². The fourth-order valence-corrected chi connectivity index (χ4v) is 4.11. The van der Waals surface area contributed by atoms with E-state index < -0.39 is 0 Å². The smallest absolute Gasteiger partial charge is 0.0334 e. The molecule has 0 nitrogen and oxygen atoms in total. The average Bonchev–Trinajstić information content (AvgIpc) is 2.11. The molecule has 19 heavy (non-hydrogen) atoms. The zero-order valence-electron chi connectivity index (χ0n) is 15.1. The monoisotopic (exact) mass is 266 g/mol. The minimum absolute atomic E-state index is 0.458. The Morgan fingerprint density at radius 1 is 0.737 bits per heavy atom. The van der Waals surface area contributed by atoms with Crippen molar-refractivity contribution < 1.29 is 0 Å². The van der Waals surface area contributed by atoms with Crippen LogP contribution in [0.2, 0.25) is 0 Å². The van der Waals surface area contributed by atoms with Gasteiger partial charge in [0.1, 0.15) is 0 Å². The van der Waals surface area contributed by atoms with Gasteiger partial charge in [0, 0.05) is 0 Å². The van der Waals surface area contributed by atoms with E-state index in [1.165, 1.54) is 25.7 Å². The normalized spacial score (nSPS) is 30.5. The standard InChI is InChI=1S/C19H38/c1-17(2,3)13-14-10-11-15(18(4,5)6)12-16(14)19(7,8)9/h14-16H,10-13H2,1-9H3/t14-,15-,16?/m1/s1. The van der Waals surface area contributed by atoms with E-state index in [1.54, 1.807) is 0 Å². The maximum Gasteiger partial charge on any atom is -0.0334 e. The third-order valence-corrected chi connectivity index (χ3v) is 5.21. The predicted molar refractivity (Wildman–Crippen MR) is 87.3 cm³/mol. The van der Waals surface area contributed by atoms with Gasteiger partial charge in [-0.05, 0) is 59.7 Å². The Hall–Kier alpha value is 0. The molecule has 1 aliphatic rings. The summed E-state index contributed by atoms with van der Waals surface area (Å²) in [6.07, 6.45) is 5.72. The molecule has 0 N–H and O–H groups in total. The quantitative estimate of drug-likeness (QED) is 0.505. The molecule has 0 amide bonds. The van der Waals surface area contributed by atoms with Crippen LogP contribution >= 0.6 is 0 Å². The fourth-order valence-electron chi connectivity index (χ4n) is 4.11. The highest BCUT2D eigenvalue weighted by Gasteiger charge is 2.41.